The van der Waals surface area contributed by atoms with Crippen LogP contribution in [0, 0.1) is 5.92 Å². The molecule has 4 rings (SSSR count). The smallest absolute Gasteiger partial charge is 0.227 e. The molecule has 0 radical (unpaired) electrons. The third kappa shape index (κ3) is 4.25. The maximum atomic E-state index is 13.2. The molecule has 1 aliphatic rings. The lowest BCUT2D eigenvalue weighted by atomic mass is 9.93. The maximum Gasteiger partial charge on any atom is 0.227 e. The second-order valence-corrected chi connectivity index (χ2v) is 7.31. The number of carbonyl (C=O) groups excluding carboxylic acids is 1. The minimum Gasteiger partial charge on any atom is -0.497 e. The Bertz CT molecular complexity index is 1020. The highest BCUT2D eigenvalue weighted by Crippen LogP contribution is 2.32. The highest BCUT2D eigenvalue weighted by atomic mass is 16.5. The minimum absolute atomic E-state index is 0.0415. The zero-order valence-electron chi connectivity index (χ0n) is 17.1. The zero-order valence-corrected chi connectivity index (χ0v) is 17.1. The molecule has 0 aliphatic carbocycles. The number of benzene rings is 3. The fourth-order valence-corrected chi connectivity index (χ4v) is 3.75. The van der Waals surface area contributed by atoms with Gasteiger partial charge in [0.15, 0.2) is 0 Å². The van der Waals surface area contributed by atoms with Gasteiger partial charge in [-0.2, -0.15) is 0 Å². The van der Waals surface area contributed by atoms with E-state index in [2.05, 4.69) is 5.32 Å². The van der Waals surface area contributed by atoms with Crippen LogP contribution in [-0.2, 0) is 11.2 Å². The Morgan fingerprint density at radius 2 is 1.67 bits per heavy atom. The van der Waals surface area contributed by atoms with Crippen LogP contribution in [0.4, 0.5) is 0 Å². The van der Waals surface area contributed by atoms with E-state index in [0.717, 1.165) is 33.9 Å². The summed E-state index contributed by atoms with van der Waals surface area (Å²) in [5, 5.41) is 3.22. The summed E-state index contributed by atoms with van der Waals surface area (Å²) in [6.07, 6.45) is 0.609. The van der Waals surface area contributed by atoms with E-state index >= 15 is 0 Å². The molecule has 5 heteroatoms. The number of methoxy groups -OCH3 is 2. The highest BCUT2D eigenvalue weighted by Gasteiger charge is 2.29. The molecule has 1 amide bonds. The fraction of sp³-hybridized carbons (Fsp3) is 0.240. The van der Waals surface area contributed by atoms with E-state index in [-0.39, 0.29) is 17.9 Å². The summed E-state index contributed by atoms with van der Waals surface area (Å²) in [5.74, 6) is 2.01. The lowest BCUT2D eigenvalue weighted by Gasteiger charge is -2.27. The molecular weight excluding hydrogens is 378 g/mol. The summed E-state index contributed by atoms with van der Waals surface area (Å²) in [6.45, 7) is 0.352. The quantitative estimate of drug-likeness (QED) is 0.671. The molecule has 0 saturated heterocycles. The molecule has 0 spiro atoms. The molecule has 3 aromatic rings. The molecule has 1 N–H and O–H groups in total. The molecular formula is C25H25NO4. The summed E-state index contributed by atoms with van der Waals surface area (Å²) in [4.78, 5) is 13.2. The Morgan fingerprint density at radius 1 is 0.933 bits per heavy atom. The van der Waals surface area contributed by atoms with E-state index in [1.54, 1.807) is 14.2 Å². The Kier molecular flexibility index (Phi) is 5.89. The van der Waals surface area contributed by atoms with Crippen LogP contribution in [0.5, 0.6) is 17.2 Å². The van der Waals surface area contributed by atoms with Gasteiger partial charge in [-0.25, -0.2) is 0 Å². The van der Waals surface area contributed by atoms with Crippen LogP contribution in [0.3, 0.4) is 0 Å². The average Bonchev–Trinajstić information content (AvgIpc) is 2.82. The van der Waals surface area contributed by atoms with Crippen LogP contribution < -0.4 is 19.5 Å². The van der Waals surface area contributed by atoms with E-state index < -0.39 is 0 Å². The summed E-state index contributed by atoms with van der Waals surface area (Å²) in [7, 11) is 3.27. The Labute approximate surface area is 176 Å². The second kappa shape index (κ2) is 8.91. The molecule has 2 atom stereocenters. The summed E-state index contributed by atoms with van der Waals surface area (Å²) in [6, 6.07) is 23.1. The Morgan fingerprint density at radius 3 is 2.43 bits per heavy atom. The van der Waals surface area contributed by atoms with Gasteiger partial charge in [0.1, 0.15) is 23.9 Å². The molecule has 5 nitrogen and oxygen atoms in total. The molecule has 0 unspecified atom stereocenters. The number of ether oxygens (including phenoxy) is 3. The van der Waals surface area contributed by atoms with Crippen molar-refractivity contribution in [3.05, 3.63) is 89.5 Å². The highest BCUT2D eigenvalue weighted by molar-refractivity contribution is 5.80. The molecule has 1 heterocycles. The van der Waals surface area contributed by atoms with Gasteiger partial charge in [-0.1, -0.05) is 42.5 Å². The van der Waals surface area contributed by atoms with Gasteiger partial charge < -0.3 is 19.5 Å². The van der Waals surface area contributed by atoms with Crippen molar-refractivity contribution >= 4 is 5.91 Å². The predicted molar refractivity (Wildman–Crippen MR) is 115 cm³/mol. The van der Waals surface area contributed by atoms with Gasteiger partial charge in [-0.05, 0) is 53.4 Å². The number of carbonyl (C=O) groups is 1. The summed E-state index contributed by atoms with van der Waals surface area (Å²) < 4.78 is 16.5. The largest absolute Gasteiger partial charge is 0.497 e. The molecule has 154 valence electrons. The molecule has 0 fully saturated rings. The average molecular weight is 403 g/mol. The lowest BCUT2D eigenvalue weighted by molar-refractivity contribution is -0.126. The molecule has 0 bridgehead atoms. The van der Waals surface area contributed by atoms with Crippen LogP contribution in [0.1, 0.15) is 22.7 Å². The molecule has 1 aliphatic heterocycles. The molecule has 0 saturated carbocycles. The first-order valence-electron chi connectivity index (χ1n) is 9.97. The standard InChI is InChI=1S/C25H25NO4/c1-28-21-10-6-9-18(14-21)24(17-7-4-3-5-8-17)26-25(27)20-13-19-15-22(29-2)11-12-23(19)30-16-20/h3-12,14-15,20,24H,13,16H2,1-2H3,(H,26,27)/t20-,24+/m0/s1. The van der Waals surface area contributed by atoms with Crippen molar-refractivity contribution in [1.29, 1.82) is 0 Å². The Balaban J connectivity index is 1.57. The van der Waals surface area contributed by atoms with E-state index in [4.69, 9.17) is 14.2 Å². The molecule has 30 heavy (non-hydrogen) atoms. The first kappa shape index (κ1) is 19.8. The van der Waals surface area contributed by atoms with Crippen LogP contribution in [0.25, 0.3) is 0 Å². The summed E-state index contributed by atoms with van der Waals surface area (Å²) >= 11 is 0. The van der Waals surface area contributed by atoms with E-state index in [1.165, 1.54) is 0 Å². The van der Waals surface area contributed by atoms with Crippen LogP contribution >= 0.6 is 0 Å². The van der Waals surface area contributed by atoms with Crippen molar-refractivity contribution < 1.29 is 19.0 Å². The third-order valence-electron chi connectivity index (χ3n) is 5.39. The van der Waals surface area contributed by atoms with Gasteiger partial charge in [-0.3, -0.25) is 4.79 Å². The van der Waals surface area contributed by atoms with E-state index in [1.807, 2.05) is 72.8 Å². The normalized spacial score (nSPS) is 16.0. The van der Waals surface area contributed by atoms with Crippen LogP contribution in [0.2, 0.25) is 0 Å². The van der Waals surface area contributed by atoms with E-state index in [9.17, 15) is 4.79 Å². The van der Waals surface area contributed by atoms with Crippen LogP contribution in [0.15, 0.2) is 72.8 Å². The van der Waals surface area contributed by atoms with Gasteiger partial charge in [0.05, 0.1) is 26.2 Å². The topological polar surface area (TPSA) is 56.8 Å². The number of fused-ring (bicyclic) bond motifs is 1. The number of amides is 1. The van der Waals surface area contributed by atoms with Gasteiger partial charge >= 0.3 is 0 Å². The zero-order chi connectivity index (χ0) is 20.9. The first-order chi connectivity index (χ1) is 14.7. The number of nitrogens with one attached hydrogen (secondary N) is 1. The predicted octanol–water partition coefficient (Wildman–Crippen LogP) is 4.16. The Hall–Kier alpha value is -3.47. The van der Waals surface area contributed by atoms with Crippen molar-refractivity contribution in [3.8, 4) is 17.2 Å². The van der Waals surface area contributed by atoms with Crippen LogP contribution in [-0.4, -0.2) is 26.7 Å². The molecule has 3 aromatic carbocycles. The van der Waals surface area contributed by atoms with Crippen molar-refractivity contribution in [1.82, 2.24) is 5.32 Å². The number of rotatable bonds is 6. The van der Waals surface area contributed by atoms with Crippen molar-refractivity contribution in [3.63, 3.8) is 0 Å². The lowest BCUT2D eigenvalue weighted by Crippen LogP contribution is -2.39. The summed E-state index contributed by atoms with van der Waals surface area (Å²) in [5.41, 5.74) is 2.96. The maximum absolute atomic E-state index is 13.2. The van der Waals surface area contributed by atoms with Gasteiger partial charge in [-0.15, -0.1) is 0 Å². The SMILES string of the molecule is COc1cccc([C@H](NC(=O)[C@@H]2COc3ccc(OC)cc3C2)c2ccccc2)c1. The number of hydrogen-bond donors (Lipinski definition) is 1. The fourth-order valence-electron chi connectivity index (χ4n) is 3.75. The van der Waals surface area contributed by atoms with E-state index in [0.29, 0.717) is 13.0 Å². The minimum atomic E-state index is -0.277. The van der Waals surface area contributed by atoms with Crippen molar-refractivity contribution in [2.24, 2.45) is 5.92 Å². The first-order valence-corrected chi connectivity index (χ1v) is 9.97. The number of hydrogen-bond acceptors (Lipinski definition) is 4. The van der Waals surface area contributed by atoms with Gasteiger partial charge in [0, 0.05) is 0 Å². The second-order valence-electron chi connectivity index (χ2n) is 7.31. The van der Waals surface area contributed by atoms with Gasteiger partial charge in [0.25, 0.3) is 0 Å². The molecule has 0 aromatic heterocycles. The van der Waals surface area contributed by atoms with Crippen molar-refractivity contribution in [2.75, 3.05) is 20.8 Å². The van der Waals surface area contributed by atoms with Gasteiger partial charge in [0.2, 0.25) is 5.91 Å². The third-order valence-corrected chi connectivity index (χ3v) is 5.39. The van der Waals surface area contributed by atoms with Crippen molar-refractivity contribution in [2.45, 2.75) is 12.5 Å². The monoisotopic (exact) mass is 403 g/mol.